The summed E-state index contributed by atoms with van der Waals surface area (Å²) in [5.74, 6) is 1.12. The quantitative estimate of drug-likeness (QED) is 0.682. The number of nitrogens with two attached hydrogens (primary N) is 1. The van der Waals surface area contributed by atoms with E-state index in [1.54, 1.807) is 7.11 Å². The first-order chi connectivity index (χ1) is 6.24. The molecule has 0 amide bonds. The maximum atomic E-state index is 5.56. The summed E-state index contributed by atoms with van der Waals surface area (Å²) in [5.41, 5.74) is 5.56. The fraction of sp³-hybridized carbons (Fsp3) is 0.750. The zero-order chi connectivity index (χ0) is 9.68. The van der Waals surface area contributed by atoms with Crippen molar-refractivity contribution in [3.05, 3.63) is 11.8 Å². The van der Waals surface area contributed by atoms with Crippen LogP contribution < -0.4 is 5.73 Å². The fourth-order valence-electron chi connectivity index (χ4n) is 0.919. The largest absolute Gasteiger partial charge is 0.424 e. The van der Waals surface area contributed by atoms with E-state index in [0.717, 1.165) is 12.8 Å². The Morgan fingerprint density at radius 1 is 1.54 bits per heavy atom. The number of hydrogen-bond donors (Lipinski definition) is 1. The molecule has 0 aliphatic carbocycles. The Morgan fingerprint density at radius 2 is 2.31 bits per heavy atom. The molecule has 1 heterocycles. The first-order valence-corrected chi connectivity index (χ1v) is 4.31. The van der Waals surface area contributed by atoms with E-state index in [0.29, 0.717) is 18.4 Å². The molecule has 0 bridgehead atoms. The van der Waals surface area contributed by atoms with Gasteiger partial charge in [0, 0.05) is 20.1 Å². The second-order valence-corrected chi connectivity index (χ2v) is 2.92. The third kappa shape index (κ3) is 3.12. The van der Waals surface area contributed by atoms with Crippen LogP contribution in [0.1, 0.15) is 31.2 Å². The lowest BCUT2D eigenvalue weighted by Crippen LogP contribution is -2.04. The molecule has 1 rings (SSSR count). The summed E-state index contributed by atoms with van der Waals surface area (Å²) in [4.78, 5) is 0. The highest BCUT2D eigenvalue weighted by Crippen LogP contribution is 2.08. The highest BCUT2D eigenvalue weighted by molar-refractivity contribution is 4.86. The Hall–Kier alpha value is -0.940. The van der Waals surface area contributed by atoms with Gasteiger partial charge in [0.2, 0.25) is 11.8 Å². The molecular formula is C8H15N3O2. The third-order valence-corrected chi connectivity index (χ3v) is 1.61. The number of aromatic nitrogens is 2. The van der Waals surface area contributed by atoms with Gasteiger partial charge in [-0.25, -0.2) is 0 Å². The van der Waals surface area contributed by atoms with Gasteiger partial charge in [0.25, 0.3) is 0 Å². The van der Waals surface area contributed by atoms with E-state index in [1.807, 2.05) is 6.92 Å². The zero-order valence-corrected chi connectivity index (χ0v) is 7.99. The summed E-state index contributed by atoms with van der Waals surface area (Å²) in [6.45, 7) is 2.52. The molecule has 0 saturated carbocycles. The van der Waals surface area contributed by atoms with Crippen LogP contribution in [0, 0.1) is 0 Å². The van der Waals surface area contributed by atoms with Crippen LogP contribution in [0.5, 0.6) is 0 Å². The smallest absolute Gasteiger partial charge is 0.232 e. The topological polar surface area (TPSA) is 74.2 Å². The van der Waals surface area contributed by atoms with Gasteiger partial charge in [-0.2, -0.15) is 0 Å². The van der Waals surface area contributed by atoms with Crippen LogP contribution in [0.25, 0.3) is 0 Å². The number of nitrogens with zero attached hydrogens (tertiary/aromatic N) is 2. The first kappa shape index (κ1) is 10.1. The third-order valence-electron chi connectivity index (χ3n) is 1.61. The van der Waals surface area contributed by atoms with Gasteiger partial charge in [0.15, 0.2) is 0 Å². The van der Waals surface area contributed by atoms with Gasteiger partial charge in [-0.15, -0.1) is 10.2 Å². The first-order valence-electron chi connectivity index (χ1n) is 4.31. The average molecular weight is 185 g/mol. The van der Waals surface area contributed by atoms with Crippen molar-refractivity contribution in [2.75, 3.05) is 13.7 Å². The van der Waals surface area contributed by atoms with Gasteiger partial charge in [-0.3, -0.25) is 0 Å². The van der Waals surface area contributed by atoms with Gasteiger partial charge in [0.1, 0.15) is 0 Å². The lowest BCUT2D eigenvalue weighted by atomic mass is 10.3. The monoisotopic (exact) mass is 185 g/mol. The molecule has 0 fully saturated rings. The van der Waals surface area contributed by atoms with Crippen LogP contribution in [0.3, 0.4) is 0 Å². The molecule has 1 unspecified atom stereocenters. The number of methoxy groups -OCH3 is 1. The maximum Gasteiger partial charge on any atom is 0.232 e. The Morgan fingerprint density at radius 3 is 2.85 bits per heavy atom. The minimum atomic E-state index is -0.191. The number of aryl methyl sites for hydroxylation is 1. The molecule has 1 aromatic rings. The Balaban J connectivity index is 2.40. The molecule has 0 spiro atoms. The lowest BCUT2D eigenvalue weighted by molar-refractivity contribution is 0.192. The molecule has 5 nitrogen and oxygen atoms in total. The van der Waals surface area contributed by atoms with E-state index in [2.05, 4.69) is 10.2 Å². The van der Waals surface area contributed by atoms with Crippen molar-refractivity contribution in [1.82, 2.24) is 10.2 Å². The summed E-state index contributed by atoms with van der Waals surface area (Å²) >= 11 is 0. The number of hydrogen-bond acceptors (Lipinski definition) is 5. The van der Waals surface area contributed by atoms with Gasteiger partial charge < -0.3 is 14.9 Å². The van der Waals surface area contributed by atoms with E-state index < -0.39 is 0 Å². The van der Waals surface area contributed by atoms with Gasteiger partial charge in [-0.1, -0.05) is 0 Å². The summed E-state index contributed by atoms with van der Waals surface area (Å²) in [7, 11) is 1.67. The van der Waals surface area contributed by atoms with Crippen LogP contribution in [0.15, 0.2) is 4.42 Å². The molecule has 0 radical (unpaired) electrons. The molecule has 13 heavy (non-hydrogen) atoms. The predicted octanol–water partition coefficient (Wildman–Crippen LogP) is 0.668. The van der Waals surface area contributed by atoms with Crippen molar-refractivity contribution in [2.24, 2.45) is 5.73 Å². The summed E-state index contributed by atoms with van der Waals surface area (Å²) in [5, 5.41) is 7.67. The Bertz CT molecular complexity index is 247. The van der Waals surface area contributed by atoms with Crippen molar-refractivity contribution in [3.63, 3.8) is 0 Å². The van der Waals surface area contributed by atoms with Crippen LogP contribution in [0.2, 0.25) is 0 Å². The second-order valence-electron chi connectivity index (χ2n) is 2.92. The predicted molar refractivity (Wildman–Crippen MR) is 47.1 cm³/mol. The summed E-state index contributed by atoms with van der Waals surface area (Å²) in [6.07, 6.45) is 1.63. The molecule has 0 aliphatic heterocycles. The molecule has 0 aliphatic rings. The minimum Gasteiger partial charge on any atom is -0.424 e. The molecule has 5 heteroatoms. The van der Waals surface area contributed by atoms with E-state index in [4.69, 9.17) is 14.9 Å². The van der Waals surface area contributed by atoms with E-state index in [-0.39, 0.29) is 6.04 Å². The van der Waals surface area contributed by atoms with Gasteiger partial charge in [0.05, 0.1) is 6.04 Å². The lowest BCUT2D eigenvalue weighted by Gasteiger charge is -1.96. The van der Waals surface area contributed by atoms with Crippen molar-refractivity contribution < 1.29 is 9.15 Å². The standard InChI is InChI=1S/C8H15N3O2/c1-6(9)8-11-10-7(13-8)4-3-5-12-2/h6H,3-5,9H2,1-2H3. The highest BCUT2D eigenvalue weighted by atomic mass is 16.5. The van der Waals surface area contributed by atoms with Crippen molar-refractivity contribution in [1.29, 1.82) is 0 Å². The SMILES string of the molecule is COCCCc1nnc(C(C)N)o1. The van der Waals surface area contributed by atoms with Crippen LogP contribution in [-0.2, 0) is 11.2 Å². The fourth-order valence-corrected chi connectivity index (χ4v) is 0.919. The molecule has 74 valence electrons. The summed E-state index contributed by atoms with van der Waals surface area (Å²) < 4.78 is 10.2. The normalized spacial score (nSPS) is 13.2. The Kier molecular flexibility index (Phi) is 3.85. The molecule has 1 aromatic heterocycles. The molecule has 0 aromatic carbocycles. The molecule has 2 N–H and O–H groups in total. The van der Waals surface area contributed by atoms with E-state index in [9.17, 15) is 0 Å². The van der Waals surface area contributed by atoms with Crippen molar-refractivity contribution in [2.45, 2.75) is 25.8 Å². The van der Waals surface area contributed by atoms with E-state index in [1.165, 1.54) is 0 Å². The molecule has 1 atom stereocenters. The minimum absolute atomic E-state index is 0.191. The zero-order valence-electron chi connectivity index (χ0n) is 7.99. The number of ether oxygens (including phenoxy) is 1. The van der Waals surface area contributed by atoms with Crippen LogP contribution in [-0.4, -0.2) is 23.9 Å². The van der Waals surface area contributed by atoms with Crippen molar-refractivity contribution in [3.8, 4) is 0 Å². The summed E-state index contributed by atoms with van der Waals surface area (Å²) in [6, 6.07) is -0.191. The Labute approximate surface area is 77.3 Å². The van der Waals surface area contributed by atoms with Crippen LogP contribution >= 0.6 is 0 Å². The van der Waals surface area contributed by atoms with E-state index >= 15 is 0 Å². The average Bonchev–Trinajstić information content (AvgIpc) is 2.53. The van der Waals surface area contributed by atoms with Gasteiger partial charge in [-0.05, 0) is 13.3 Å². The van der Waals surface area contributed by atoms with Crippen LogP contribution in [0.4, 0.5) is 0 Å². The number of rotatable bonds is 5. The van der Waals surface area contributed by atoms with Crippen molar-refractivity contribution >= 4 is 0 Å². The second kappa shape index (κ2) is 4.94. The molecule has 0 saturated heterocycles. The maximum absolute atomic E-state index is 5.56. The highest BCUT2D eigenvalue weighted by Gasteiger charge is 2.08. The molecular weight excluding hydrogens is 170 g/mol. The van der Waals surface area contributed by atoms with Gasteiger partial charge >= 0.3 is 0 Å².